The van der Waals surface area contributed by atoms with Gasteiger partial charge in [0.05, 0.1) is 13.2 Å². The molecule has 0 spiro atoms. The third kappa shape index (κ3) is 4.94. The lowest BCUT2D eigenvalue weighted by Gasteiger charge is -2.28. The highest BCUT2D eigenvalue weighted by Crippen LogP contribution is 2.20. The lowest BCUT2D eigenvalue weighted by Crippen LogP contribution is -2.37. The molecule has 4 nitrogen and oxygen atoms in total. The van der Waals surface area contributed by atoms with Gasteiger partial charge in [0, 0.05) is 19.6 Å². The molecule has 1 N–H and O–H groups in total. The van der Waals surface area contributed by atoms with Crippen molar-refractivity contribution in [2.75, 3.05) is 20.8 Å². The van der Waals surface area contributed by atoms with Crippen LogP contribution in [0, 0.1) is 0 Å². The zero-order valence-corrected chi connectivity index (χ0v) is 10.3. The maximum atomic E-state index is 10.9. The van der Waals surface area contributed by atoms with Crippen molar-refractivity contribution in [3.63, 3.8) is 0 Å². The standard InChI is InChI=1S/C12H23NO3/c1-15-11-6-3-5-10(9-11)13-8-4-7-12(14)16-2/h10-11,13H,3-9H2,1-2H3. The van der Waals surface area contributed by atoms with E-state index in [4.69, 9.17) is 4.74 Å². The molecule has 2 atom stereocenters. The van der Waals surface area contributed by atoms with Crippen LogP contribution in [0.15, 0.2) is 0 Å². The molecule has 0 bridgehead atoms. The number of rotatable bonds is 6. The molecule has 1 saturated carbocycles. The molecular formula is C12H23NO3. The first-order valence-corrected chi connectivity index (χ1v) is 6.09. The summed E-state index contributed by atoms with van der Waals surface area (Å²) in [6.07, 6.45) is 6.48. The molecule has 2 unspecified atom stereocenters. The second-order valence-electron chi connectivity index (χ2n) is 4.36. The van der Waals surface area contributed by atoms with Crippen molar-refractivity contribution in [3.8, 4) is 0 Å². The van der Waals surface area contributed by atoms with E-state index in [9.17, 15) is 4.79 Å². The van der Waals surface area contributed by atoms with Crippen molar-refractivity contribution in [2.24, 2.45) is 0 Å². The fraction of sp³-hybridized carbons (Fsp3) is 0.917. The van der Waals surface area contributed by atoms with Crippen molar-refractivity contribution in [1.82, 2.24) is 5.32 Å². The molecule has 1 aliphatic rings. The highest BCUT2D eigenvalue weighted by Gasteiger charge is 2.20. The van der Waals surface area contributed by atoms with Gasteiger partial charge in [-0.05, 0) is 38.6 Å². The molecule has 0 aromatic carbocycles. The van der Waals surface area contributed by atoms with Crippen LogP contribution in [0.4, 0.5) is 0 Å². The SMILES string of the molecule is COC(=O)CCCNC1CCCC(OC)C1. The van der Waals surface area contributed by atoms with Crippen LogP contribution >= 0.6 is 0 Å². The predicted octanol–water partition coefficient (Wildman–Crippen LogP) is 1.49. The maximum Gasteiger partial charge on any atom is 0.305 e. The third-order valence-corrected chi connectivity index (χ3v) is 3.18. The molecule has 94 valence electrons. The van der Waals surface area contributed by atoms with E-state index in [2.05, 4.69) is 10.1 Å². The zero-order valence-electron chi connectivity index (χ0n) is 10.3. The number of hydrogen-bond acceptors (Lipinski definition) is 4. The summed E-state index contributed by atoms with van der Waals surface area (Å²) in [6, 6.07) is 0.552. The van der Waals surface area contributed by atoms with E-state index in [0.717, 1.165) is 19.4 Å². The van der Waals surface area contributed by atoms with Gasteiger partial charge in [0.1, 0.15) is 0 Å². The molecule has 1 fully saturated rings. The van der Waals surface area contributed by atoms with Gasteiger partial charge in [-0.1, -0.05) is 0 Å². The minimum Gasteiger partial charge on any atom is -0.469 e. The molecule has 0 amide bonds. The van der Waals surface area contributed by atoms with Crippen LogP contribution in [-0.2, 0) is 14.3 Å². The summed E-state index contributed by atoms with van der Waals surface area (Å²) in [5.41, 5.74) is 0. The van der Waals surface area contributed by atoms with E-state index in [-0.39, 0.29) is 5.97 Å². The fourth-order valence-electron chi connectivity index (χ4n) is 2.19. The first-order chi connectivity index (χ1) is 7.76. The van der Waals surface area contributed by atoms with E-state index >= 15 is 0 Å². The summed E-state index contributed by atoms with van der Waals surface area (Å²) in [5.74, 6) is -0.125. The third-order valence-electron chi connectivity index (χ3n) is 3.18. The monoisotopic (exact) mass is 229 g/mol. The van der Waals surface area contributed by atoms with Crippen LogP contribution in [0.25, 0.3) is 0 Å². The second-order valence-corrected chi connectivity index (χ2v) is 4.36. The summed E-state index contributed by atoms with van der Waals surface area (Å²) >= 11 is 0. The van der Waals surface area contributed by atoms with Crippen LogP contribution < -0.4 is 5.32 Å². The van der Waals surface area contributed by atoms with Crippen molar-refractivity contribution < 1.29 is 14.3 Å². The van der Waals surface area contributed by atoms with Crippen LogP contribution in [-0.4, -0.2) is 38.9 Å². The van der Waals surface area contributed by atoms with Gasteiger partial charge in [-0.15, -0.1) is 0 Å². The first-order valence-electron chi connectivity index (χ1n) is 6.09. The fourth-order valence-corrected chi connectivity index (χ4v) is 2.19. The number of methoxy groups -OCH3 is 2. The Kier molecular flexibility index (Phi) is 6.42. The Morgan fingerprint density at radius 2 is 2.19 bits per heavy atom. The Bertz CT molecular complexity index is 208. The van der Waals surface area contributed by atoms with Crippen molar-refractivity contribution in [2.45, 2.75) is 50.7 Å². The minimum atomic E-state index is -0.125. The smallest absolute Gasteiger partial charge is 0.305 e. The van der Waals surface area contributed by atoms with Gasteiger partial charge in [0.2, 0.25) is 0 Å². The van der Waals surface area contributed by atoms with Gasteiger partial charge >= 0.3 is 5.97 Å². The lowest BCUT2D eigenvalue weighted by molar-refractivity contribution is -0.140. The number of carbonyl (C=O) groups is 1. The summed E-state index contributed by atoms with van der Waals surface area (Å²) in [4.78, 5) is 10.9. The summed E-state index contributed by atoms with van der Waals surface area (Å²) in [5, 5.41) is 3.48. The molecule has 1 aliphatic carbocycles. The zero-order chi connectivity index (χ0) is 11.8. The van der Waals surface area contributed by atoms with Crippen LogP contribution in [0.3, 0.4) is 0 Å². The Morgan fingerprint density at radius 3 is 2.88 bits per heavy atom. The van der Waals surface area contributed by atoms with Gasteiger partial charge < -0.3 is 14.8 Å². The Morgan fingerprint density at radius 1 is 1.38 bits per heavy atom. The highest BCUT2D eigenvalue weighted by atomic mass is 16.5. The van der Waals surface area contributed by atoms with E-state index in [1.165, 1.54) is 26.4 Å². The summed E-state index contributed by atoms with van der Waals surface area (Å²) in [7, 11) is 3.21. The topological polar surface area (TPSA) is 47.6 Å². The van der Waals surface area contributed by atoms with E-state index in [1.54, 1.807) is 7.11 Å². The average Bonchev–Trinajstić information content (AvgIpc) is 2.34. The molecule has 0 saturated heterocycles. The van der Waals surface area contributed by atoms with Gasteiger partial charge in [-0.2, -0.15) is 0 Å². The van der Waals surface area contributed by atoms with Gasteiger partial charge in [0.25, 0.3) is 0 Å². The predicted molar refractivity (Wildman–Crippen MR) is 62.3 cm³/mol. The van der Waals surface area contributed by atoms with Crippen molar-refractivity contribution in [3.05, 3.63) is 0 Å². The molecule has 0 aromatic rings. The number of nitrogens with one attached hydrogen (secondary N) is 1. The van der Waals surface area contributed by atoms with Gasteiger partial charge in [-0.3, -0.25) is 4.79 Å². The molecule has 4 heteroatoms. The molecule has 0 heterocycles. The molecule has 0 radical (unpaired) electrons. The Hall–Kier alpha value is -0.610. The Labute approximate surface area is 97.7 Å². The van der Waals surface area contributed by atoms with Crippen molar-refractivity contribution in [1.29, 1.82) is 0 Å². The largest absolute Gasteiger partial charge is 0.469 e. The van der Waals surface area contributed by atoms with Gasteiger partial charge in [-0.25, -0.2) is 0 Å². The quantitative estimate of drug-likeness (QED) is 0.553. The Balaban J connectivity index is 2.06. The number of ether oxygens (including phenoxy) is 2. The van der Waals surface area contributed by atoms with Crippen LogP contribution in [0.1, 0.15) is 38.5 Å². The van der Waals surface area contributed by atoms with Crippen LogP contribution in [0.5, 0.6) is 0 Å². The minimum absolute atomic E-state index is 0.125. The number of hydrogen-bond donors (Lipinski definition) is 1. The van der Waals surface area contributed by atoms with Crippen molar-refractivity contribution >= 4 is 5.97 Å². The lowest BCUT2D eigenvalue weighted by atomic mass is 9.93. The maximum absolute atomic E-state index is 10.9. The van der Waals surface area contributed by atoms with E-state index < -0.39 is 0 Å². The normalized spacial score (nSPS) is 25.4. The highest BCUT2D eigenvalue weighted by molar-refractivity contribution is 5.69. The van der Waals surface area contributed by atoms with E-state index in [1.807, 2.05) is 0 Å². The van der Waals surface area contributed by atoms with E-state index in [0.29, 0.717) is 18.6 Å². The molecule has 16 heavy (non-hydrogen) atoms. The average molecular weight is 229 g/mol. The number of carbonyl (C=O) groups excluding carboxylic acids is 1. The molecule has 0 aromatic heterocycles. The van der Waals surface area contributed by atoms with Gasteiger partial charge in [0.15, 0.2) is 0 Å². The summed E-state index contributed by atoms with van der Waals surface area (Å²) < 4.78 is 9.96. The first kappa shape index (κ1) is 13.5. The van der Waals surface area contributed by atoms with Crippen LogP contribution in [0.2, 0.25) is 0 Å². The summed E-state index contributed by atoms with van der Waals surface area (Å²) in [6.45, 7) is 0.885. The second kappa shape index (κ2) is 7.63. The molecule has 1 rings (SSSR count). The molecular weight excluding hydrogens is 206 g/mol. The molecule has 0 aliphatic heterocycles. The number of esters is 1.